The molecule has 0 aromatic rings. The molecule has 2 fully saturated rings. The van der Waals surface area contributed by atoms with E-state index in [-0.39, 0.29) is 5.79 Å². The molecule has 0 N–H and O–H groups in total. The van der Waals surface area contributed by atoms with Crippen molar-refractivity contribution < 1.29 is 9.47 Å². The van der Waals surface area contributed by atoms with Gasteiger partial charge in [0, 0.05) is 12.8 Å². The quantitative estimate of drug-likeness (QED) is 0.414. The molecule has 2 aliphatic rings. The highest BCUT2D eigenvalue weighted by molar-refractivity contribution is 4.94. The van der Waals surface area contributed by atoms with Crippen molar-refractivity contribution in [2.75, 3.05) is 0 Å². The second-order valence-electron chi connectivity index (χ2n) is 9.81. The molecule has 156 valence electrons. The van der Waals surface area contributed by atoms with Crippen molar-refractivity contribution in [1.29, 1.82) is 0 Å². The third kappa shape index (κ3) is 6.46. The van der Waals surface area contributed by atoms with E-state index in [4.69, 9.17) is 9.47 Å². The predicted molar refractivity (Wildman–Crippen MR) is 116 cm³/mol. The molecular weight excluding hydrogens is 332 g/mol. The van der Waals surface area contributed by atoms with Crippen LogP contribution in [0, 0.1) is 23.7 Å². The molecule has 0 unspecified atom stereocenters. The highest BCUT2D eigenvalue weighted by Gasteiger charge is 2.47. The van der Waals surface area contributed by atoms with Crippen LogP contribution in [-0.4, -0.2) is 18.0 Å². The van der Waals surface area contributed by atoms with E-state index in [1.807, 2.05) is 0 Å². The summed E-state index contributed by atoms with van der Waals surface area (Å²) in [6, 6.07) is 0. The van der Waals surface area contributed by atoms with Gasteiger partial charge in [-0.25, -0.2) is 0 Å². The van der Waals surface area contributed by atoms with E-state index >= 15 is 0 Å². The van der Waals surface area contributed by atoms with E-state index < -0.39 is 0 Å². The molecule has 2 heteroatoms. The summed E-state index contributed by atoms with van der Waals surface area (Å²) in [5.74, 6) is 2.07. The minimum absolute atomic E-state index is 0.323. The minimum atomic E-state index is -0.323. The Morgan fingerprint density at radius 3 is 2.37 bits per heavy atom. The van der Waals surface area contributed by atoms with E-state index in [2.05, 4.69) is 60.3 Å². The van der Waals surface area contributed by atoms with Gasteiger partial charge in [-0.2, -0.15) is 0 Å². The van der Waals surface area contributed by atoms with Gasteiger partial charge in [-0.3, -0.25) is 0 Å². The van der Waals surface area contributed by atoms with Crippen LogP contribution in [0.15, 0.2) is 24.3 Å². The highest BCUT2D eigenvalue weighted by atomic mass is 16.7. The SMILES string of the molecule is C=C[C@@H](C)CC[C@@H]1O[C@@]2(CC[C@H]1C)CC[C@H](C)[C@H]([C@H](C)CCC=C(C)C)O2. The average Bonchev–Trinajstić information content (AvgIpc) is 2.64. The van der Waals surface area contributed by atoms with Gasteiger partial charge >= 0.3 is 0 Å². The van der Waals surface area contributed by atoms with Crippen LogP contribution in [0.3, 0.4) is 0 Å². The van der Waals surface area contributed by atoms with Gasteiger partial charge in [0.1, 0.15) is 0 Å². The molecule has 1 spiro atoms. The number of hydrogen-bond acceptors (Lipinski definition) is 2. The molecule has 0 bridgehead atoms. The normalized spacial score (nSPS) is 36.2. The van der Waals surface area contributed by atoms with Crippen molar-refractivity contribution >= 4 is 0 Å². The third-order valence-corrected chi connectivity index (χ3v) is 6.92. The molecule has 7 atom stereocenters. The summed E-state index contributed by atoms with van der Waals surface area (Å²) in [5.41, 5.74) is 1.41. The first-order chi connectivity index (χ1) is 12.8. The molecule has 0 saturated carbocycles. The zero-order valence-electron chi connectivity index (χ0n) is 18.8. The fourth-order valence-corrected chi connectivity index (χ4v) is 4.75. The molecule has 2 aliphatic heterocycles. The average molecular weight is 377 g/mol. The van der Waals surface area contributed by atoms with Crippen molar-refractivity contribution in [1.82, 2.24) is 0 Å². The molecule has 0 aromatic heterocycles. The third-order valence-electron chi connectivity index (χ3n) is 6.92. The lowest BCUT2D eigenvalue weighted by Crippen LogP contribution is -2.53. The molecule has 27 heavy (non-hydrogen) atoms. The van der Waals surface area contributed by atoms with Crippen LogP contribution < -0.4 is 0 Å². The van der Waals surface area contributed by atoms with E-state index in [9.17, 15) is 0 Å². The van der Waals surface area contributed by atoms with Gasteiger partial charge in [0.15, 0.2) is 5.79 Å². The van der Waals surface area contributed by atoms with Crippen LogP contribution in [0.5, 0.6) is 0 Å². The maximum Gasteiger partial charge on any atom is 0.169 e. The van der Waals surface area contributed by atoms with Crippen molar-refractivity contribution in [3.05, 3.63) is 24.3 Å². The maximum absolute atomic E-state index is 6.80. The Balaban J connectivity index is 1.99. The number of rotatable bonds is 8. The largest absolute Gasteiger partial charge is 0.346 e. The van der Waals surface area contributed by atoms with Crippen LogP contribution in [0.1, 0.15) is 92.9 Å². The highest BCUT2D eigenvalue weighted by Crippen LogP contribution is 2.45. The van der Waals surface area contributed by atoms with Gasteiger partial charge in [-0.15, -0.1) is 6.58 Å². The van der Waals surface area contributed by atoms with Crippen LogP contribution in [-0.2, 0) is 9.47 Å². The summed E-state index contributed by atoms with van der Waals surface area (Å²) in [6.45, 7) is 17.6. The van der Waals surface area contributed by atoms with Crippen LogP contribution in [0.25, 0.3) is 0 Å². The summed E-state index contributed by atoms with van der Waals surface area (Å²) in [5, 5.41) is 0. The smallest absolute Gasteiger partial charge is 0.169 e. The van der Waals surface area contributed by atoms with Gasteiger partial charge in [-0.05, 0) is 76.0 Å². The molecule has 0 aromatic carbocycles. The first-order valence-electron chi connectivity index (χ1n) is 11.4. The molecule has 0 radical (unpaired) electrons. The van der Waals surface area contributed by atoms with E-state index in [1.54, 1.807) is 0 Å². The zero-order chi connectivity index (χ0) is 20.0. The van der Waals surface area contributed by atoms with Crippen molar-refractivity contribution in [2.45, 2.75) is 111 Å². The summed E-state index contributed by atoms with van der Waals surface area (Å²) >= 11 is 0. The molecule has 2 rings (SSSR count). The van der Waals surface area contributed by atoms with Crippen molar-refractivity contribution in [3.63, 3.8) is 0 Å². The van der Waals surface area contributed by atoms with Gasteiger partial charge < -0.3 is 9.47 Å². The minimum Gasteiger partial charge on any atom is -0.346 e. The van der Waals surface area contributed by atoms with E-state index in [0.717, 1.165) is 32.1 Å². The molecule has 2 heterocycles. The Labute approximate surface area is 168 Å². The van der Waals surface area contributed by atoms with Gasteiger partial charge in [-0.1, -0.05) is 45.4 Å². The fourth-order valence-electron chi connectivity index (χ4n) is 4.75. The molecule has 2 nitrogen and oxygen atoms in total. The molecule has 2 saturated heterocycles. The number of allylic oxidation sites excluding steroid dienone is 3. The summed E-state index contributed by atoms with van der Waals surface area (Å²) in [7, 11) is 0. The van der Waals surface area contributed by atoms with Crippen LogP contribution in [0.4, 0.5) is 0 Å². The Bertz CT molecular complexity index is 489. The topological polar surface area (TPSA) is 18.5 Å². The van der Waals surface area contributed by atoms with Crippen molar-refractivity contribution in [3.8, 4) is 0 Å². The lowest BCUT2D eigenvalue weighted by Gasteiger charge is -2.51. The van der Waals surface area contributed by atoms with Crippen LogP contribution in [0.2, 0.25) is 0 Å². The molecular formula is C25H44O2. The Hall–Kier alpha value is -0.600. The summed E-state index contributed by atoms with van der Waals surface area (Å²) in [4.78, 5) is 0. The molecule has 0 aliphatic carbocycles. The van der Waals surface area contributed by atoms with E-state index in [1.165, 1.54) is 24.8 Å². The summed E-state index contributed by atoms with van der Waals surface area (Å²) in [6.07, 6.45) is 14.3. The predicted octanol–water partition coefficient (Wildman–Crippen LogP) is 7.30. The van der Waals surface area contributed by atoms with Crippen LogP contribution >= 0.6 is 0 Å². The standard InChI is InChI=1S/C25H44O2/c1-8-19(4)12-13-23-20(5)14-16-25(26-23)17-15-22(7)24(27-25)21(6)11-9-10-18(2)3/h8,10,19-24H,1,9,11-17H2,2-7H3/t19-,20-,21-,22+,23+,24+,25-/m1/s1. The number of hydrogen-bond donors (Lipinski definition) is 0. The monoisotopic (exact) mass is 376 g/mol. The Morgan fingerprint density at radius 2 is 1.74 bits per heavy atom. The summed E-state index contributed by atoms with van der Waals surface area (Å²) < 4.78 is 13.5. The lowest BCUT2D eigenvalue weighted by atomic mass is 9.80. The van der Waals surface area contributed by atoms with Crippen molar-refractivity contribution in [2.24, 2.45) is 23.7 Å². The second-order valence-corrected chi connectivity index (χ2v) is 9.81. The Kier molecular flexibility index (Phi) is 8.62. The van der Waals surface area contributed by atoms with E-state index in [0.29, 0.717) is 35.9 Å². The van der Waals surface area contributed by atoms with Gasteiger partial charge in [0.2, 0.25) is 0 Å². The van der Waals surface area contributed by atoms with Gasteiger partial charge in [0.25, 0.3) is 0 Å². The second kappa shape index (κ2) is 10.3. The lowest BCUT2D eigenvalue weighted by molar-refractivity contribution is -0.337. The maximum atomic E-state index is 6.80. The fraction of sp³-hybridized carbons (Fsp3) is 0.840. The zero-order valence-corrected chi connectivity index (χ0v) is 18.8. The number of ether oxygens (including phenoxy) is 2. The first kappa shape index (κ1) is 22.7. The molecule has 0 amide bonds. The van der Waals surface area contributed by atoms with Gasteiger partial charge in [0.05, 0.1) is 12.2 Å². The first-order valence-corrected chi connectivity index (χ1v) is 11.4. The Morgan fingerprint density at radius 1 is 1.07 bits per heavy atom.